The molecule has 1 amide bonds. The molecule has 3 aromatic rings. The van der Waals surface area contributed by atoms with Gasteiger partial charge in [0.15, 0.2) is 0 Å². The molecule has 114 valence electrons. The van der Waals surface area contributed by atoms with E-state index in [1.807, 2.05) is 67.6 Å². The molecule has 0 unspecified atom stereocenters. The highest BCUT2D eigenvalue weighted by molar-refractivity contribution is 5.95. The molecule has 0 bridgehead atoms. The maximum atomic E-state index is 12.0. The van der Waals surface area contributed by atoms with Gasteiger partial charge in [0.2, 0.25) is 5.91 Å². The average molecular weight is 302 g/mol. The van der Waals surface area contributed by atoms with E-state index < -0.39 is 0 Å². The molecular formula is C20H18N2O. The second-order valence-corrected chi connectivity index (χ2v) is 5.40. The molecule has 2 aromatic carbocycles. The summed E-state index contributed by atoms with van der Waals surface area (Å²) < 4.78 is 0. The van der Waals surface area contributed by atoms with Gasteiger partial charge < -0.3 is 5.32 Å². The summed E-state index contributed by atoms with van der Waals surface area (Å²) in [7, 11) is 0. The van der Waals surface area contributed by atoms with Crippen molar-refractivity contribution in [1.29, 1.82) is 0 Å². The van der Waals surface area contributed by atoms with E-state index in [-0.39, 0.29) is 5.91 Å². The van der Waals surface area contributed by atoms with Gasteiger partial charge in [-0.05, 0) is 30.2 Å². The highest BCUT2D eigenvalue weighted by Crippen LogP contribution is 2.17. The number of para-hydroxylation sites is 1. The van der Waals surface area contributed by atoms with Crippen LogP contribution in [0, 0.1) is 6.92 Å². The van der Waals surface area contributed by atoms with Gasteiger partial charge in [-0.15, -0.1) is 0 Å². The molecule has 1 heterocycles. The molecule has 0 aliphatic carbocycles. The Morgan fingerprint density at radius 1 is 1.09 bits per heavy atom. The molecule has 0 saturated heterocycles. The third-order valence-electron chi connectivity index (χ3n) is 3.79. The van der Waals surface area contributed by atoms with Crippen LogP contribution in [0.3, 0.4) is 0 Å². The van der Waals surface area contributed by atoms with Crippen LogP contribution in [0.4, 0.5) is 0 Å². The quantitative estimate of drug-likeness (QED) is 0.743. The summed E-state index contributed by atoms with van der Waals surface area (Å²) in [6.45, 7) is 2.57. The summed E-state index contributed by atoms with van der Waals surface area (Å²) in [5.41, 5.74) is 4.14. The SMILES string of the molecule is Cc1ccccc1CNC(=O)/C=C/c1cccc2cccnc12. The zero-order valence-corrected chi connectivity index (χ0v) is 13.0. The molecule has 0 aliphatic rings. The fourth-order valence-electron chi connectivity index (χ4n) is 2.48. The first-order chi connectivity index (χ1) is 11.2. The van der Waals surface area contributed by atoms with Crippen LogP contribution in [0.5, 0.6) is 0 Å². The Morgan fingerprint density at radius 2 is 1.91 bits per heavy atom. The Bertz CT molecular complexity index is 863. The van der Waals surface area contributed by atoms with Crippen LogP contribution in [0.15, 0.2) is 66.9 Å². The topological polar surface area (TPSA) is 42.0 Å². The zero-order chi connectivity index (χ0) is 16.1. The van der Waals surface area contributed by atoms with Gasteiger partial charge in [0.1, 0.15) is 0 Å². The molecule has 3 rings (SSSR count). The average Bonchev–Trinajstić information content (AvgIpc) is 2.59. The summed E-state index contributed by atoms with van der Waals surface area (Å²) >= 11 is 0. The molecule has 1 N–H and O–H groups in total. The number of carbonyl (C=O) groups excluding carboxylic acids is 1. The van der Waals surface area contributed by atoms with Crippen molar-refractivity contribution in [3.63, 3.8) is 0 Å². The number of hydrogen-bond acceptors (Lipinski definition) is 2. The van der Waals surface area contributed by atoms with Crippen molar-refractivity contribution in [3.05, 3.63) is 83.6 Å². The van der Waals surface area contributed by atoms with Crippen molar-refractivity contribution in [3.8, 4) is 0 Å². The van der Waals surface area contributed by atoms with E-state index >= 15 is 0 Å². The lowest BCUT2D eigenvalue weighted by molar-refractivity contribution is -0.116. The summed E-state index contributed by atoms with van der Waals surface area (Å²) in [6, 6.07) is 17.9. The molecule has 1 aromatic heterocycles. The van der Waals surface area contributed by atoms with Crippen molar-refractivity contribution in [2.75, 3.05) is 0 Å². The Kier molecular flexibility index (Phi) is 4.48. The number of hydrogen-bond donors (Lipinski definition) is 1. The Balaban J connectivity index is 1.70. The zero-order valence-electron chi connectivity index (χ0n) is 13.0. The minimum absolute atomic E-state index is 0.110. The highest BCUT2D eigenvalue weighted by atomic mass is 16.1. The smallest absolute Gasteiger partial charge is 0.244 e. The number of fused-ring (bicyclic) bond motifs is 1. The lowest BCUT2D eigenvalue weighted by Crippen LogP contribution is -2.20. The molecule has 0 aliphatic heterocycles. The summed E-state index contributed by atoms with van der Waals surface area (Å²) in [5.74, 6) is -0.110. The number of aryl methyl sites for hydroxylation is 1. The van der Waals surface area contributed by atoms with Gasteiger partial charge in [0.05, 0.1) is 5.52 Å². The van der Waals surface area contributed by atoms with Gasteiger partial charge in [-0.3, -0.25) is 9.78 Å². The maximum Gasteiger partial charge on any atom is 0.244 e. The van der Waals surface area contributed by atoms with Gasteiger partial charge in [-0.2, -0.15) is 0 Å². The second-order valence-electron chi connectivity index (χ2n) is 5.40. The van der Waals surface area contributed by atoms with Crippen molar-refractivity contribution in [2.24, 2.45) is 0 Å². The number of rotatable bonds is 4. The van der Waals surface area contributed by atoms with Gasteiger partial charge in [-0.25, -0.2) is 0 Å². The van der Waals surface area contributed by atoms with Gasteiger partial charge in [0, 0.05) is 29.8 Å². The normalized spacial score (nSPS) is 11.0. The van der Waals surface area contributed by atoms with E-state index in [2.05, 4.69) is 10.3 Å². The molecule has 0 saturated carbocycles. The van der Waals surface area contributed by atoms with Gasteiger partial charge >= 0.3 is 0 Å². The molecule has 0 atom stereocenters. The Labute approximate surface area is 135 Å². The largest absolute Gasteiger partial charge is 0.348 e. The van der Waals surface area contributed by atoms with Gasteiger partial charge in [-0.1, -0.05) is 48.5 Å². The predicted molar refractivity (Wildman–Crippen MR) is 93.8 cm³/mol. The summed E-state index contributed by atoms with van der Waals surface area (Å²) in [5, 5.41) is 3.98. The monoisotopic (exact) mass is 302 g/mol. The number of carbonyl (C=O) groups is 1. The van der Waals surface area contributed by atoms with Gasteiger partial charge in [0.25, 0.3) is 0 Å². The molecular weight excluding hydrogens is 284 g/mol. The summed E-state index contributed by atoms with van der Waals surface area (Å²) in [6.07, 6.45) is 5.13. The van der Waals surface area contributed by atoms with Crippen molar-refractivity contribution >= 4 is 22.9 Å². The minimum Gasteiger partial charge on any atom is -0.348 e. The second kappa shape index (κ2) is 6.88. The summed E-state index contributed by atoms with van der Waals surface area (Å²) in [4.78, 5) is 16.4. The number of benzene rings is 2. The molecule has 0 spiro atoms. The molecule has 23 heavy (non-hydrogen) atoms. The lowest BCUT2D eigenvalue weighted by Gasteiger charge is -2.06. The molecule has 3 nitrogen and oxygen atoms in total. The Hall–Kier alpha value is -2.94. The number of nitrogens with zero attached hydrogens (tertiary/aromatic N) is 1. The number of amides is 1. The number of nitrogens with one attached hydrogen (secondary N) is 1. The van der Waals surface area contributed by atoms with E-state index in [0.717, 1.165) is 22.0 Å². The first-order valence-electron chi connectivity index (χ1n) is 7.58. The van der Waals surface area contributed by atoms with E-state index in [0.29, 0.717) is 6.54 Å². The van der Waals surface area contributed by atoms with Crippen LogP contribution >= 0.6 is 0 Å². The van der Waals surface area contributed by atoms with Crippen LogP contribution in [0.25, 0.3) is 17.0 Å². The van der Waals surface area contributed by atoms with Crippen LogP contribution in [0.1, 0.15) is 16.7 Å². The van der Waals surface area contributed by atoms with E-state index in [1.54, 1.807) is 12.3 Å². The minimum atomic E-state index is -0.110. The maximum absolute atomic E-state index is 12.0. The fraction of sp³-hybridized carbons (Fsp3) is 0.100. The fourth-order valence-corrected chi connectivity index (χ4v) is 2.48. The third kappa shape index (κ3) is 3.64. The third-order valence-corrected chi connectivity index (χ3v) is 3.79. The van der Waals surface area contributed by atoms with Crippen LogP contribution < -0.4 is 5.32 Å². The molecule has 0 fully saturated rings. The van der Waals surface area contributed by atoms with Crippen molar-refractivity contribution in [2.45, 2.75) is 13.5 Å². The standard InChI is InChI=1S/C20H18N2O/c1-15-6-2-3-7-18(15)14-22-19(23)12-11-17-9-4-8-16-10-5-13-21-20(16)17/h2-13H,14H2,1H3,(H,22,23)/b12-11+. The highest BCUT2D eigenvalue weighted by Gasteiger charge is 2.01. The number of aromatic nitrogens is 1. The number of pyridine rings is 1. The van der Waals surface area contributed by atoms with E-state index in [1.165, 1.54) is 5.56 Å². The van der Waals surface area contributed by atoms with Crippen LogP contribution in [-0.2, 0) is 11.3 Å². The van der Waals surface area contributed by atoms with Crippen LogP contribution in [-0.4, -0.2) is 10.9 Å². The first-order valence-corrected chi connectivity index (χ1v) is 7.58. The first kappa shape index (κ1) is 15.0. The molecule has 3 heteroatoms. The predicted octanol–water partition coefficient (Wildman–Crippen LogP) is 3.87. The Morgan fingerprint density at radius 3 is 2.78 bits per heavy atom. The lowest BCUT2D eigenvalue weighted by atomic mass is 10.1. The van der Waals surface area contributed by atoms with Crippen molar-refractivity contribution in [1.82, 2.24) is 10.3 Å². The van der Waals surface area contributed by atoms with Crippen LogP contribution in [0.2, 0.25) is 0 Å². The molecule has 0 radical (unpaired) electrons. The van der Waals surface area contributed by atoms with Crippen molar-refractivity contribution < 1.29 is 4.79 Å². The van der Waals surface area contributed by atoms with E-state index in [4.69, 9.17) is 0 Å². The van der Waals surface area contributed by atoms with E-state index in [9.17, 15) is 4.79 Å².